The van der Waals surface area contributed by atoms with Crippen LogP contribution in [0.3, 0.4) is 0 Å². The van der Waals surface area contributed by atoms with Crippen LogP contribution in [0.4, 0.5) is 5.82 Å². The lowest BCUT2D eigenvalue weighted by atomic mass is 10.2. The van der Waals surface area contributed by atoms with Crippen LogP contribution in [0.1, 0.15) is 30.5 Å². The van der Waals surface area contributed by atoms with Gasteiger partial charge in [-0.15, -0.1) is 0 Å². The van der Waals surface area contributed by atoms with Crippen molar-refractivity contribution in [3.05, 3.63) is 23.4 Å². The van der Waals surface area contributed by atoms with Crippen LogP contribution in [0.15, 0.2) is 12.1 Å². The SMILES string of the molecule is Cc1cc(C(N)=S)cc(N(C)CCCCCO)n1. The highest BCUT2D eigenvalue weighted by Gasteiger charge is 2.06. The van der Waals surface area contributed by atoms with Crippen LogP contribution in [-0.4, -0.2) is 35.3 Å². The van der Waals surface area contributed by atoms with Crippen LogP contribution >= 0.6 is 12.2 Å². The summed E-state index contributed by atoms with van der Waals surface area (Å²) in [4.78, 5) is 6.96. The van der Waals surface area contributed by atoms with Gasteiger partial charge in [0.25, 0.3) is 0 Å². The fourth-order valence-corrected chi connectivity index (χ4v) is 1.86. The minimum Gasteiger partial charge on any atom is -0.396 e. The molecule has 18 heavy (non-hydrogen) atoms. The highest BCUT2D eigenvalue weighted by Crippen LogP contribution is 2.14. The monoisotopic (exact) mass is 267 g/mol. The molecule has 5 heteroatoms. The van der Waals surface area contributed by atoms with E-state index in [-0.39, 0.29) is 6.61 Å². The van der Waals surface area contributed by atoms with E-state index in [9.17, 15) is 0 Å². The van der Waals surface area contributed by atoms with Gasteiger partial charge in [0.05, 0.1) is 0 Å². The summed E-state index contributed by atoms with van der Waals surface area (Å²) in [5.74, 6) is 0.891. The summed E-state index contributed by atoms with van der Waals surface area (Å²) in [6, 6.07) is 3.81. The summed E-state index contributed by atoms with van der Waals surface area (Å²) >= 11 is 4.99. The van der Waals surface area contributed by atoms with Gasteiger partial charge < -0.3 is 15.7 Å². The Labute approximate surface area is 114 Å². The molecule has 1 aromatic heterocycles. The Hall–Kier alpha value is -1.20. The molecule has 0 saturated carbocycles. The summed E-state index contributed by atoms with van der Waals surface area (Å²) in [6.45, 7) is 3.11. The van der Waals surface area contributed by atoms with E-state index in [1.165, 1.54) is 0 Å². The number of nitrogens with two attached hydrogens (primary N) is 1. The van der Waals surface area contributed by atoms with Crippen LogP contribution in [-0.2, 0) is 0 Å². The first kappa shape index (κ1) is 14.9. The number of nitrogens with zero attached hydrogens (tertiary/aromatic N) is 2. The molecular formula is C13H21N3OS. The number of aliphatic hydroxyl groups excluding tert-OH is 1. The Morgan fingerprint density at radius 2 is 2.11 bits per heavy atom. The topological polar surface area (TPSA) is 62.4 Å². The van der Waals surface area contributed by atoms with Crippen molar-refractivity contribution in [2.75, 3.05) is 25.1 Å². The summed E-state index contributed by atoms with van der Waals surface area (Å²) in [5, 5.41) is 8.73. The molecule has 1 rings (SSSR count). The van der Waals surface area contributed by atoms with E-state index >= 15 is 0 Å². The first-order chi connectivity index (χ1) is 8.54. The van der Waals surface area contributed by atoms with Crippen LogP contribution in [0.2, 0.25) is 0 Å². The summed E-state index contributed by atoms with van der Waals surface area (Å²) in [7, 11) is 2.00. The van der Waals surface area contributed by atoms with Gasteiger partial charge in [-0.25, -0.2) is 4.98 Å². The molecule has 0 spiro atoms. The minimum atomic E-state index is 0.262. The number of thiocarbonyl (C=S) groups is 1. The van der Waals surface area contributed by atoms with Crippen LogP contribution in [0, 0.1) is 6.92 Å². The van der Waals surface area contributed by atoms with Crippen LogP contribution in [0.5, 0.6) is 0 Å². The van der Waals surface area contributed by atoms with Gasteiger partial charge in [0.2, 0.25) is 0 Å². The number of aliphatic hydroxyl groups is 1. The van der Waals surface area contributed by atoms with Crippen molar-refractivity contribution >= 4 is 23.0 Å². The Bertz CT molecular complexity index is 409. The molecule has 0 radical (unpaired) electrons. The van der Waals surface area contributed by atoms with Crippen molar-refractivity contribution < 1.29 is 5.11 Å². The van der Waals surface area contributed by atoms with E-state index in [1.807, 2.05) is 26.1 Å². The second-order valence-electron chi connectivity index (χ2n) is 4.43. The predicted octanol–water partition coefficient (Wildman–Crippen LogP) is 1.62. The Kier molecular flexibility index (Phi) is 6.01. The maximum atomic E-state index is 8.73. The smallest absolute Gasteiger partial charge is 0.129 e. The molecule has 0 unspecified atom stereocenters. The first-order valence-corrected chi connectivity index (χ1v) is 6.56. The maximum Gasteiger partial charge on any atom is 0.129 e. The number of aryl methyl sites for hydroxylation is 1. The molecule has 3 N–H and O–H groups in total. The fourth-order valence-electron chi connectivity index (χ4n) is 1.74. The standard InChI is InChI=1S/C13H21N3OS/c1-10-8-11(13(14)18)9-12(15-10)16(2)6-4-3-5-7-17/h8-9,17H,3-7H2,1-2H3,(H2,14,18). The van der Waals surface area contributed by atoms with Gasteiger partial charge in [-0.05, 0) is 38.3 Å². The first-order valence-electron chi connectivity index (χ1n) is 6.15. The molecule has 1 aromatic rings. The normalized spacial score (nSPS) is 10.4. The number of aromatic nitrogens is 1. The fraction of sp³-hybridized carbons (Fsp3) is 0.538. The molecule has 0 atom stereocenters. The minimum absolute atomic E-state index is 0.262. The van der Waals surface area contributed by atoms with Gasteiger partial charge >= 0.3 is 0 Å². The molecule has 0 bridgehead atoms. The molecule has 0 aliphatic carbocycles. The van der Waals surface area contributed by atoms with Gasteiger partial charge in [-0.1, -0.05) is 12.2 Å². The van der Waals surface area contributed by atoms with E-state index < -0.39 is 0 Å². The maximum absolute atomic E-state index is 8.73. The van der Waals surface area contributed by atoms with Crippen molar-refractivity contribution in [1.82, 2.24) is 4.98 Å². The number of anilines is 1. The second kappa shape index (κ2) is 7.28. The summed E-state index contributed by atoms with van der Waals surface area (Å²) in [6.07, 6.45) is 2.91. The highest BCUT2D eigenvalue weighted by molar-refractivity contribution is 7.80. The zero-order valence-corrected chi connectivity index (χ0v) is 11.8. The number of hydrogen-bond donors (Lipinski definition) is 2. The van der Waals surface area contributed by atoms with Crippen molar-refractivity contribution in [2.45, 2.75) is 26.2 Å². The number of hydrogen-bond acceptors (Lipinski definition) is 4. The molecule has 4 nitrogen and oxygen atoms in total. The lowest BCUT2D eigenvalue weighted by Crippen LogP contribution is -2.21. The molecule has 100 valence electrons. The molecule has 0 aliphatic heterocycles. The van der Waals surface area contributed by atoms with Crippen LogP contribution in [0.25, 0.3) is 0 Å². The van der Waals surface area contributed by atoms with Gasteiger partial charge in [0, 0.05) is 31.5 Å². The molecule has 0 amide bonds. The Balaban J connectivity index is 2.67. The molecule has 0 saturated heterocycles. The Morgan fingerprint density at radius 3 is 2.72 bits per heavy atom. The third-order valence-electron chi connectivity index (χ3n) is 2.77. The lowest BCUT2D eigenvalue weighted by molar-refractivity contribution is 0.283. The average molecular weight is 267 g/mol. The third kappa shape index (κ3) is 4.58. The van der Waals surface area contributed by atoms with Gasteiger partial charge in [-0.2, -0.15) is 0 Å². The van der Waals surface area contributed by atoms with E-state index in [4.69, 9.17) is 23.1 Å². The highest BCUT2D eigenvalue weighted by atomic mass is 32.1. The van der Waals surface area contributed by atoms with E-state index in [0.29, 0.717) is 4.99 Å². The molecular weight excluding hydrogens is 246 g/mol. The second-order valence-corrected chi connectivity index (χ2v) is 4.87. The summed E-state index contributed by atoms with van der Waals surface area (Å²) < 4.78 is 0. The zero-order valence-electron chi connectivity index (χ0n) is 11.0. The Morgan fingerprint density at radius 1 is 1.39 bits per heavy atom. The number of unbranched alkanes of at least 4 members (excludes halogenated alkanes) is 2. The molecule has 0 aliphatic rings. The molecule has 0 fully saturated rings. The average Bonchev–Trinajstić information content (AvgIpc) is 2.33. The van der Waals surface area contributed by atoms with E-state index in [2.05, 4.69) is 9.88 Å². The van der Waals surface area contributed by atoms with E-state index in [0.717, 1.165) is 42.9 Å². The number of pyridine rings is 1. The molecule has 1 heterocycles. The van der Waals surface area contributed by atoms with Gasteiger partial charge in [-0.3, -0.25) is 0 Å². The van der Waals surface area contributed by atoms with E-state index in [1.54, 1.807) is 0 Å². The molecule has 0 aromatic carbocycles. The number of rotatable bonds is 7. The predicted molar refractivity (Wildman–Crippen MR) is 79.1 cm³/mol. The van der Waals surface area contributed by atoms with Gasteiger partial charge in [0.15, 0.2) is 0 Å². The largest absolute Gasteiger partial charge is 0.396 e. The third-order valence-corrected chi connectivity index (χ3v) is 3.00. The van der Waals surface area contributed by atoms with Crippen molar-refractivity contribution in [3.63, 3.8) is 0 Å². The van der Waals surface area contributed by atoms with Crippen molar-refractivity contribution in [2.24, 2.45) is 5.73 Å². The van der Waals surface area contributed by atoms with Crippen molar-refractivity contribution in [1.29, 1.82) is 0 Å². The lowest BCUT2D eigenvalue weighted by Gasteiger charge is -2.19. The van der Waals surface area contributed by atoms with Crippen molar-refractivity contribution in [3.8, 4) is 0 Å². The quantitative estimate of drug-likeness (QED) is 0.581. The summed E-state index contributed by atoms with van der Waals surface area (Å²) in [5.41, 5.74) is 7.42. The van der Waals surface area contributed by atoms with Crippen LogP contribution < -0.4 is 10.6 Å². The zero-order chi connectivity index (χ0) is 13.5. The van der Waals surface area contributed by atoms with Gasteiger partial charge in [0.1, 0.15) is 10.8 Å².